The Morgan fingerprint density at radius 1 is 0.656 bits per heavy atom. The molecule has 0 radical (unpaired) electrons. The van der Waals surface area contributed by atoms with E-state index in [-0.39, 0.29) is 0 Å². The first-order valence-corrected chi connectivity index (χ1v) is 11.7. The lowest BCUT2D eigenvalue weighted by Crippen LogP contribution is -1.92. The molecular formula is C31H22S. The van der Waals surface area contributed by atoms with Gasteiger partial charge in [0.1, 0.15) is 0 Å². The van der Waals surface area contributed by atoms with E-state index in [0.717, 1.165) is 5.57 Å². The van der Waals surface area contributed by atoms with Crippen LogP contribution in [0.2, 0.25) is 0 Å². The second-order valence-corrected chi connectivity index (χ2v) is 9.26. The molecule has 0 bridgehead atoms. The first-order chi connectivity index (χ1) is 15.8. The molecule has 0 fully saturated rings. The molecule has 0 N–H and O–H groups in total. The first-order valence-electron chi connectivity index (χ1n) is 10.9. The fourth-order valence-corrected chi connectivity index (χ4v) is 6.04. The Kier molecular flexibility index (Phi) is 4.45. The van der Waals surface area contributed by atoms with Crippen LogP contribution >= 0.6 is 11.3 Å². The van der Waals surface area contributed by atoms with Crippen LogP contribution in [0.3, 0.4) is 0 Å². The largest absolute Gasteiger partial charge is 0.135 e. The molecule has 1 aromatic heterocycles. The van der Waals surface area contributed by atoms with E-state index >= 15 is 0 Å². The number of rotatable bonds is 3. The molecule has 0 nitrogen and oxygen atoms in total. The average molecular weight is 427 g/mol. The number of benzene rings is 5. The predicted octanol–water partition coefficient (Wildman–Crippen LogP) is 9.62. The molecular weight excluding hydrogens is 404 g/mol. The zero-order valence-electron chi connectivity index (χ0n) is 17.9. The summed E-state index contributed by atoms with van der Waals surface area (Å²) < 4.78 is 2.68. The quantitative estimate of drug-likeness (QED) is 0.195. The smallest absolute Gasteiger partial charge is 0.0355 e. The maximum atomic E-state index is 4.40. The van der Waals surface area contributed by atoms with Crippen molar-refractivity contribution in [1.82, 2.24) is 0 Å². The maximum Gasteiger partial charge on any atom is 0.0355 e. The van der Waals surface area contributed by atoms with Crippen LogP contribution in [-0.2, 0) is 0 Å². The fourth-order valence-electron chi connectivity index (χ4n) is 4.95. The van der Waals surface area contributed by atoms with Gasteiger partial charge in [0.25, 0.3) is 0 Å². The Bertz CT molecular complexity index is 1640. The van der Waals surface area contributed by atoms with E-state index in [1.165, 1.54) is 58.4 Å². The van der Waals surface area contributed by atoms with E-state index in [4.69, 9.17) is 0 Å². The lowest BCUT2D eigenvalue weighted by atomic mass is 9.86. The van der Waals surface area contributed by atoms with Crippen LogP contribution in [0, 0.1) is 0 Å². The minimum atomic E-state index is 1.05. The molecule has 32 heavy (non-hydrogen) atoms. The molecule has 0 aliphatic heterocycles. The van der Waals surface area contributed by atoms with Gasteiger partial charge in [-0.05, 0) is 68.9 Å². The van der Waals surface area contributed by atoms with Crippen molar-refractivity contribution >= 4 is 58.6 Å². The molecule has 6 rings (SSSR count). The minimum Gasteiger partial charge on any atom is -0.135 e. The van der Waals surface area contributed by atoms with Gasteiger partial charge in [0.15, 0.2) is 0 Å². The van der Waals surface area contributed by atoms with Gasteiger partial charge in [-0.15, -0.1) is 11.3 Å². The third-order valence-corrected chi connectivity index (χ3v) is 7.44. The minimum absolute atomic E-state index is 1.05. The van der Waals surface area contributed by atoms with Gasteiger partial charge >= 0.3 is 0 Å². The summed E-state index contributed by atoms with van der Waals surface area (Å²) in [4.78, 5) is 0. The Morgan fingerprint density at radius 3 is 1.88 bits per heavy atom. The van der Waals surface area contributed by atoms with Crippen LogP contribution in [0.15, 0.2) is 110 Å². The Balaban J connectivity index is 1.76. The van der Waals surface area contributed by atoms with Gasteiger partial charge in [-0.3, -0.25) is 0 Å². The number of hydrogen-bond acceptors (Lipinski definition) is 1. The summed E-state index contributed by atoms with van der Waals surface area (Å²) in [5.74, 6) is 0. The standard InChI is InChI=1S/C31H22S/c1-3-10-20(2)30-23-12-4-6-14-25(23)31(26-15-7-5-13-24(26)30)21-17-18-29-27(19-21)22-11-8-9-16-28(22)32-29/h3-19H,2H2,1H3/b10-3-. The molecule has 0 spiro atoms. The highest BCUT2D eigenvalue weighted by atomic mass is 32.1. The van der Waals surface area contributed by atoms with Crippen LogP contribution in [0.4, 0.5) is 0 Å². The van der Waals surface area contributed by atoms with Crippen molar-refractivity contribution in [2.24, 2.45) is 0 Å². The molecule has 152 valence electrons. The van der Waals surface area contributed by atoms with E-state index in [9.17, 15) is 0 Å². The Labute approximate surface area is 191 Å². The van der Waals surface area contributed by atoms with Crippen molar-refractivity contribution in [2.45, 2.75) is 6.92 Å². The van der Waals surface area contributed by atoms with Crippen molar-refractivity contribution in [3.05, 3.63) is 115 Å². The number of allylic oxidation sites excluding steroid dienone is 3. The topological polar surface area (TPSA) is 0 Å². The van der Waals surface area contributed by atoms with Gasteiger partial charge in [0.2, 0.25) is 0 Å². The molecule has 0 saturated carbocycles. The lowest BCUT2D eigenvalue weighted by Gasteiger charge is -2.17. The van der Waals surface area contributed by atoms with Gasteiger partial charge in [0.05, 0.1) is 0 Å². The monoisotopic (exact) mass is 426 g/mol. The van der Waals surface area contributed by atoms with Gasteiger partial charge in [-0.2, -0.15) is 0 Å². The molecule has 0 aliphatic rings. The molecule has 0 aliphatic carbocycles. The predicted molar refractivity (Wildman–Crippen MR) is 144 cm³/mol. The molecule has 0 atom stereocenters. The van der Waals surface area contributed by atoms with Crippen molar-refractivity contribution in [3.8, 4) is 11.1 Å². The second kappa shape index (κ2) is 7.47. The highest BCUT2D eigenvalue weighted by Gasteiger charge is 2.16. The van der Waals surface area contributed by atoms with Crippen LogP contribution in [-0.4, -0.2) is 0 Å². The summed E-state index contributed by atoms with van der Waals surface area (Å²) in [7, 11) is 0. The fraction of sp³-hybridized carbons (Fsp3) is 0.0323. The summed E-state index contributed by atoms with van der Waals surface area (Å²) in [6, 6.07) is 33.1. The van der Waals surface area contributed by atoms with Crippen molar-refractivity contribution in [1.29, 1.82) is 0 Å². The van der Waals surface area contributed by atoms with Gasteiger partial charge in [-0.1, -0.05) is 91.5 Å². The molecule has 0 saturated heterocycles. The lowest BCUT2D eigenvalue weighted by molar-refractivity contribution is 1.68. The summed E-state index contributed by atoms with van der Waals surface area (Å²) in [5.41, 5.74) is 4.83. The van der Waals surface area contributed by atoms with Gasteiger partial charge in [0, 0.05) is 20.2 Å². The summed E-state index contributed by atoms with van der Waals surface area (Å²) in [6.45, 7) is 6.45. The normalized spacial score (nSPS) is 11.9. The third kappa shape index (κ3) is 2.82. The molecule has 1 heterocycles. The van der Waals surface area contributed by atoms with E-state index in [2.05, 4.69) is 110 Å². The van der Waals surface area contributed by atoms with E-state index in [0.29, 0.717) is 0 Å². The van der Waals surface area contributed by atoms with E-state index in [1.807, 2.05) is 18.3 Å². The van der Waals surface area contributed by atoms with Gasteiger partial charge in [-0.25, -0.2) is 0 Å². The number of hydrogen-bond donors (Lipinski definition) is 0. The maximum absolute atomic E-state index is 4.40. The molecule has 0 amide bonds. The molecule has 5 aromatic carbocycles. The molecule has 1 heteroatoms. The summed E-state index contributed by atoms with van der Waals surface area (Å²) in [6.07, 6.45) is 4.17. The summed E-state index contributed by atoms with van der Waals surface area (Å²) >= 11 is 1.87. The van der Waals surface area contributed by atoms with Crippen LogP contribution in [0.5, 0.6) is 0 Å². The molecule has 6 aromatic rings. The van der Waals surface area contributed by atoms with Crippen LogP contribution in [0.25, 0.3) is 58.4 Å². The average Bonchev–Trinajstić information content (AvgIpc) is 3.20. The van der Waals surface area contributed by atoms with E-state index < -0.39 is 0 Å². The Morgan fingerprint density at radius 2 is 1.22 bits per heavy atom. The van der Waals surface area contributed by atoms with Gasteiger partial charge < -0.3 is 0 Å². The third-order valence-electron chi connectivity index (χ3n) is 6.29. The highest BCUT2D eigenvalue weighted by Crippen LogP contribution is 2.43. The zero-order valence-corrected chi connectivity index (χ0v) is 18.7. The Hall–Kier alpha value is -3.68. The number of fused-ring (bicyclic) bond motifs is 5. The SMILES string of the molecule is C=C(/C=C\C)c1c2ccccc2c(-c2ccc3sc4ccccc4c3c2)c2ccccc12. The number of thiophene rings is 1. The van der Waals surface area contributed by atoms with Crippen molar-refractivity contribution in [2.75, 3.05) is 0 Å². The van der Waals surface area contributed by atoms with E-state index in [1.54, 1.807) is 0 Å². The highest BCUT2D eigenvalue weighted by molar-refractivity contribution is 7.25. The summed E-state index contributed by atoms with van der Waals surface area (Å²) in [5, 5.41) is 7.70. The first kappa shape index (κ1) is 19.0. The molecule has 0 unspecified atom stereocenters. The van der Waals surface area contributed by atoms with Crippen LogP contribution in [0.1, 0.15) is 12.5 Å². The second-order valence-electron chi connectivity index (χ2n) is 8.18. The zero-order chi connectivity index (χ0) is 21.7. The van der Waals surface area contributed by atoms with Crippen molar-refractivity contribution < 1.29 is 0 Å². The van der Waals surface area contributed by atoms with Crippen LogP contribution < -0.4 is 0 Å². The van der Waals surface area contributed by atoms with Crippen molar-refractivity contribution in [3.63, 3.8) is 0 Å².